The number of rotatable bonds is 6. The topological polar surface area (TPSA) is 76.2 Å². The predicted molar refractivity (Wildman–Crippen MR) is 102 cm³/mol. The summed E-state index contributed by atoms with van der Waals surface area (Å²) in [5.74, 6) is 0.521. The number of methoxy groups -OCH3 is 2. The molecule has 0 aliphatic heterocycles. The van der Waals surface area contributed by atoms with Crippen molar-refractivity contribution < 1.29 is 22.7 Å². The molecule has 0 aromatic heterocycles. The van der Waals surface area contributed by atoms with E-state index in [-0.39, 0.29) is 5.91 Å². The Balaban J connectivity index is 2.35. The fourth-order valence-electron chi connectivity index (χ4n) is 2.42. The van der Waals surface area contributed by atoms with E-state index in [0.29, 0.717) is 28.4 Å². The van der Waals surface area contributed by atoms with Crippen LogP contribution in [0.15, 0.2) is 42.5 Å². The highest BCUT2D eigenvalue weighted by Gasteiger charge is 2.23. The summed E-state index contributed by atoms with van der Waals surface area (Å²) in [5.41, 5.74) is 1.43. The molecule has 7 nitrogen and oxygen atoms in total. The number of sulfonamides is 1. The number of nitrogens with zero attached hydrogens (tertiary/aromatic N) is 2. The van der Waals surface area contributed by atoms with Crippen molar-refractivity contribution in [1.82, 2.24) is 0 Å². The van der Waals surface area contributed by atoms with Crippen molar-refractivity contribution >= 4 is 27.3 Å². The van der Waals surface area contributed by atoms with E-state index in [1.54, 1.807) is 49.5 Å². The Hall–Kier alpha value is -2.74. The molecule has 2 rings (SSSR count). The normalized spacial score (nSPS) is 11.0. The Morgan fingerprint density at radius 1 is 0.885 bits per heavy atom. The lowest BCUT2D eigenvalue weighted by Gasteiger charge is -2.22. The quantitative estimate of drug-likeness (QED) is 0.771. The molecule has 26 heavy (non-hydrogen) atoms. The minimum atomic E-state index is -3.35. The van der Waals surface area contributed by atoms with E-state index in [1.165, 1.54) is 30.5 Å². The average molecular weight is 378 g/mol. The van der Waals surface area contributed by atoms with Crippen molar-refractivity contribution in [2.75, 3.05) is 43.8 Å². The first-order valence-electron chi connectivity index (χ1n) is 7.73. The summed E-state index contributed by atoms with van der Waals surface area (Å²) in [7, 11) is 2.73. The van der Waals surface area contributed by atoms with Crippen LogP contribution >= 0.6 is 0 Å². The summed E-state index contributed by atoms with van der Waals surface area (Å²) in [5, 5.41) is 0. The van der Waals surface area contributed by atoms with Gasteiger partial charge in [-0.1, -0.05) is 6.07 Å². The van der Waals surface area contributed by atoms with Crippen molar-refractivity contribution in [2.45, 2.75) is 0 Å². The molecular formula is C18H22N2O5S. The van der Waals surface area contributed by atoms with Crippen molar-refractivity contribution in [3.63, 3.8) is 0 Å². The highest BCUT2D eigenvalue weighted by molar-refractivity contribution is 7.92. The zero-order valence-corrected chi connectivity index (χ0v) is 16.2. The summed E-state index contributed by atoms with van der Waals surface area (Å²) >= 11 is 0. The second-order valence-electron chi connectivity index (χ2n) is 5.65. The maximum absolute atomic E-state index is 12.9. The molecule has 1 amide bonds. The van der Waals surface area contributed by atoms with Crippen LogP contribution < -0.4 is 18.7 Å². The van der Waals surface area contributed by atoms with Gasteiger partial charge in [0.25, 0.3) is 5.91 Å². The minimum Gasteiger partial charge on any atom is -0.496 e. The van der Waals surface area contributed by atoms with Gasteiger partial charge in [0.05, 0.1) is 26.2 Å². The number of amides is 1. The second-order valence-corrected chi connectivity index (χ2v) is 7.66. The highest BCUT2D eigenvalue weighted by atomic mass is 32.2. The van der Waals surface area contributed by atoms with Crippen LogP contribution in [-0.4, -0.2) is 48.9 Å². The van der Waals surface area contributed by atoms with Gasteiger partial charge in [-0.05, 0) is 36.4 Å². The molecule has 140 valence electrons. The molecule has 0 aliphatic carbocycles. The third-order valence-electron chi connectivity index (χ3n) is 4.04. The number of carbonyl (C=O) groups is 1. The second kappa shape index (κ2) is 7.65. The van der Waals surface area contributed by atoms with E-state index < -0.39 is 10.0 Å². The number of anilines is 2. The summed E-state index contributed by atoms with van der Waals surface area (Å²) < 4.78 is 35.0. The molecule has 0 bridgehead atoms. The SMILES string of the molecule is COc1cccc(OC)c1C(=O)N(C)c1ccc(N(C)S(C)(=O)=O)cc1. The van der Waals surface area contributed by atoms with Gasteiger partial charge >= 0.3 is 0 Å². The summed E-state index contributed by atoms with van der Waals surface area (Å²) in [4.78, 5) is 14.4. The first kappa shape index (κ1) is 19.6. The van der Waals surface area contributed by atoms with E-state index in [0.717, 1.165) is 6.26 Å². The molecular weight excluding hydrogens is 356 g/mol. The molecule has 0 radical (unpaired) electrons. The maximum Gasteiger partial charge on any atom is 0.265 e. The van der Waals surface area contributed by atoms with Crippen molar-refractivity contribution in [3.8, 4) is 11.5 Å². The lowest BCUT2D eigenvalue weighted by molar-refractivity contribution is 0.0987. The van der Waals surface area contributed by atoms with E-state index in [1.807, 2.05) is 0 Å². The van der Waals surface area contributed by atoms with Gasteiger partial charge in [-0.25, -0.2) is 8.42 Å². The van der Waals surface area contributed by atoms with Gasteiger partial charge in [-0.15, -0.1) is 0 Å². The monoisotopic (exact) mass is 378 g/mol. The van der Waals surface area contributed by atoms with E-state index in [9.17, 15) is 13.2 Å². The van der Waals surface area contributed by atoms with Gasteiger partial charge < -0.3 is 14.4 Å². The zero-order valence-electron chi connectivity index (χ0n) is 15.4. The van der Waals surface area contributed by atoms with Gasteiger partial charge in [-0.2, -0.15) is 0 Å². The van der Waals surface area contributed by atoms with Crippen molar-refractivity contribution in [2.24, 2.45) is 0 Å². The van der Waals surface area contributed by atoms with Crippen LogP contribution in [0.5, 0.6) is 11.5 Å². The molecule has 0 heterocycles. The van der Waals surface area contributed by atoms with Gasteiger partial charge in [-0.3, -0.25) is 9.10 Å². The van der Waals surface area contributed by atoms with Crippen LogP contribution in [0.2, 0.25) is 0 Å². The minimum absolute atomic E-state index is 0.302. The summed E-state index contributed by atoms with van der Waals surface area (Å²) in [6.07, 6.45) is 1.13. The molecule has 8 heteroatoms. The van der Waals surface area contributed by atoms with Crippen LogP contribution in [-0.2, 0) is 10.0 Å². The zero-order chi connectivity index (χ0) is 19.5. The van der Waals surface area contributed by atoms with E-state index in [4.69, 9.17) is 9.47 Å². The molecule has 2 aromatic carbocycles. The molecule has 0 unspecified atom stereocenters. The number of hydrogen-bond acceptors (Lipinski definition) is 5. The molecule has 0 fully saturated rings. The fraction of sp³-hybridized carbons (Fsp3) is 0.278. The Morgan fingerprint density at radius 2 is 1.35 bits per heavy atom. The molecule has 0 saturated heterocycles. The Labute approximate surface area is 153 Å². The van der Waals surface area contributed by atoms with Gasteiger partial charge in [0.1, 0.15) is 17.1 Å². The van der Waals surface area contributed by atoms with Crippen LogP contribution in [0.25, 0.3) is 0 Å². The van der Waals surface area contributed by atoms with Crippen molar-refractivity contribution in [3.05, 3.63) is 48.0 Å². The first-order valence-corrected chi connectivity index (χ1v) is 9.58. The summed E-state index contributed by atoms with van der Waals surface area (Å²) in [6.45, 7) is 0. The van der Waals surface area contributed by atoms with E-state index >= 15 is 0 Å². The van der Waals surface area contributed by atoms with E-state index in [2.05, 4.69) is 0 Å². The molecule has 0 N–H and O–H groups in total. The van der Waals surface area contributed by atoms with Crippen LogP contribution in [0.4, 0.5) is 11.4 Å². The number of hydrogen-bond donors (Lipinski definition) is 0. The summed E-state index contributed by atoms with van der Waals surface area (Å²) in [6, 6.07) is 11.7. The maximum atomic E-state index is 12.9. The average Bonchev–Trinajstić information content (AvgIpc) is 2.64. The molecule has 0 aliphatic rings. The third-order valence-corrected chi connectivity index (χ3v) is 5.25. The Bertz CT molecular complexity index is 872. The van der Waals surface area contributed by atoms with Gasteiger partial charge in [0, 0.05) is 19.8 Å². The molecule has 0 saturated carbocycles. The van der Waals surface area contributed by atoms with Gasteiger partial charge in [0.15, 0.2) is 0 Å². The Morgan fingerprint density at radius 3 is 1.77 bits per heavy atom. The molecule has 2 aromatic rings. The largest absolute Gasteiger partial charge is 0.496 e. The fourth-order valence-corrected chi connectivity index (χ4v) is 2.93. The smallest absolute Gasteiger partial charge is 0.265 e. The third kappa shape index (κ3) is 3.91. The van der Waals surface area contributed by atoms with Crippen LogP contribution in [0.3, 0.4) is 0 Å². The lowest BCUT2D eigenvalue weighted by atomic mass is 10.1. The Kier molecular flexibility index (Phi) is 5.76. The highest BCUT2D eigenvalue weighted by Crippen LogP contribution is 2.31. The number of ether oxygens (including phenoxy) is 2. The number of benzene rings is 2. The standard InChI is InChI=1S/C18H22N2O5S/c1-19(13-9-11-14(12-10-13)20(2)26(5,22)23)18(21)17-15(24-3)7-6-8-16(17)25-4/h6-12H,1-5H3. The first-order chi connectivity index (χ1) is 12.2. The van der Waals surface area contributed by atoms with Crippen LogP contribution in [0.1, 0.15) is 10.4 Å². The van der Waals surface area contributed by atoms with Crippen LogP contribution in [0, 0.1) is 0 Å². The molecule has 0 spiro atoms. The predicted octanol–water partition coefficient (Wildman–Crippen LogP) is 2.38. The number of carbonyl (C=O) groups excluding carboxylic acids is 1. The van der Waals surface area contributed by atoms with Gasteiger partial charge in [0.2, 0.25) is 10.0 Å². The lowest BCUT2D eigenvalue weighted by Crippen LogP contribution is -2.27. The molecule has 0 atom stereocenters. The van der Waals surface area contributed by atoms with Crippen molar-refractivity contribution in [1.29, 1.82) is 0 Å².